The number of benzene rings is 9. The standard InChI is InChI=1S/C56H37N/c1-4-14-41(15-5-1)55-37-51(50-21-11-13-23-54(50)57-55)40-28-24-38(25-29-40)42-30-26-39-27-31-43(35-45(39)34-42)44-32-33-49-48-20-10-12-22-52(48)56(53(49)36-44,46-16-6-2-7-17-46)47-18-8-3-9-19-47/h1-37H. The van der Waals surface area contributed by atoms with Crippen LogP contribution < -0.4 is 0 Å². The van der Waals surface area contributed by atoms with Gasteiger partial charge < -0.3 is 0 Å². The summed E-state index contributed by atoms with van der Waals surface area (Å²) in [6.07, 6.45) is 0. The van der Waals surface area contributed by atoms with Gasteiger partial charge in [-0.25, -0.2) is 4.98 Å². The molecule has 0 spiro atoms. The first-order chi connectivity index (χ1) is 28.2. The normalized spacial score (nSPS) is 12.7. The van der Waals surface area contributed by atoms with Crippen molar-refractivity contribution in [2.75, 3.05) is 0 Å². The van der Waals surface area contributed by atoms with E-state index in [0.717, 1.165) is 22.2 Å². The molecule has 1 nitrogen and oxygen atoms in total. The summed E-state index contributed by atoms with van der Waals surface area (Å²) in [4.78, 5) is 5.02. The lowest BCUT2D eigenvalue weighted by molar-refractivity contribution is 0.769. The quantitative estimate of drug-likeness (QED) is 0.166. The van der Waals surface area contributed by atoms with Crippen LogP contribution in [0.3, 0.4) is 0 Å². The Morgan fingerprint density at radius 2 is 0.825 bits per heavy atom. The second kappa shape index (κ2) is 13.4. The molecule has 266 valence electrons. The first-order valence-electron chi connectivity index (χ1n) is 19.7. The van der Waals surface area contributed by atoms with Crippen LogP contribution in [0, 0.1) is 0 Å². The van der Waals surface area contributed by atoms with Gasteiger partial charge in [0.2, 0.25) is 0 Å². The number of para-hydroxylation sites is 1. The van der Waals surface area contributed by atoms with E-state index in [-0.39, 0.29) is 0 Å². The maximum absolute atomic E-state index is 5.02. The van der Waals surface area contributed by atoms with Crippen molar-refractivity contribution >= 4 is 21.7 Å². The van der Waals surface area contributed by atoms with Crippen LogP contribution in [0.1, 0.15) is 22.3 Å². The van der Waals surface area contributed by atoms with Crippen molar-refractivity contribution in [1.82, 2.24) is 4.98 Å². The third-order valence-electron chi connectivity index (χ3n) is 11.9. The van der Waals surface area contributed by atoms with Crippen LogP contribution in [-0.2, 0) is 5.41 Å². The van der Waals surface area contributed by atoms with Gasteiger partial charge >= 0.3 is 0 Å². The van der Waals surface area contributed by atoms with Gasteiger partial charge in [-0.2, -0.15) is 0 Å². The molecule has 9 aromatic carbocycles. The van der Waals surface area contributed by atoms with E-state index in [9.17, 15) is 0 Å². The monoisotopic (exact) mass is 723 g/mol. The van der Waals surface area contributed by atoms with E-state index in [1.165, 1.54) is 77.5 Å². The van der Waals surface area contributed by atoms with Crippen molar-refractivity contribution in [1.29, 1.82) is 0 Å². The van der Waals surface area contributed by atoms with E-state index >= 15 is 0 Å². The summed E-state index contributed by atoms with van der Waals surface area (Å²) in [5.41, 5.74) is 17.7. The van der Waals surface area contributed by atoms with Crippen LogP contribution in [0.4, 0.5) is 0 Å². The van der Waals surface area contributed by atoms with E-state index in [2.05, 4.69) is 218 Å². The number of hydrogen-bond donors (Lipinski definition) is 0. The summed E-state index contributed by atoms with van der Waals surface area (Å²) in [6, 6.07) is 81.9. The fraction of sp³-hybridized carbons (Fsp3) is 0.0179. The minimum atomic E-state index is -0.424. The molecule has 11 rings (SSSR count). The van der Waals surface area contributed by atoms with Crippen LogP contribution >= 0.6 is 0 Å². The van der Waals surface area contributed by atoms with E-state index in [4.69, 9.17) is 4.98 Å². The molecule has 0 unspecified atom stereocenters. The highest BCUT2D eigenvalue weighted by molar-refractivity contribution is 5.98. The lowest BCUT2D eigenvalue weighted by Gasteiger charge is -2.34. The van der Waals surface area contributed by atoms with Gasteiger partial charge in [-0.1, -0.05) is 194 Å². The predicted octanol–water partition coefficient (Wildman–Crippen LogP) is 14.4. The van der Waals surface area contributed by atoms with Crippen LogP contribution in [0.5, 0.6) is 0 Å². The fourth-order valence-corrected chi connectivity index (χ4v) is 9.24. The molecule has 1 heteroatoms. The summed E-state index contributed by atoms with van der Waals surface area (Å²) < 4.78 is 0. The van der Waals surface area contributed by atoms with Crippen molar-refractivity contribution in [3.63, 3.8) is 0 Å². The second-order valence-electron chi connectivity index (χ2n) is 15.1. The Hall–Kier alpha value is -7.35. The van der Waals surface area contributed by atoms with E-state index in [0.29, 0.717) is 0 Å². The number of rotatable bonds is 6. The molecule has 0 radical (unpaired) electrons. The van der Waals surface area contributed by atoms with Gasteiger partial charge in [0.05, 0.1) is 16.6 Å². The number of pyridine rings is 1. The topological polar surface area (TPSA) is 12.9 Å². The minimum absolute atomic E-state index is 0.424. The minimum Gasteiger partial charge on any atom is -0.248 e. The van der Waals surface area contributed by atoms with E-state index < -0.39 is 5.41 Å². The van der Waals surface area contributed by atoms with Gasteiger partial charge in [0.25, 0.3) is 0 Å². The lowest BCUT2D eigenvalue weighted by atomic mass is 9.67. The first kappa shape index (κ1) is 33.0. The van der Waals surface area contributed by atoms with Crippen molar-refractivity contribution in [2.45, 2.75) is 5.41 Å². The van der Waals surface area contributed by atoms with Crippen LogP contribution in [0.25, 0.3) is 77.4 Å². The molecule has 57 heavy (non-hydrogen) atoms. The summed E-state index contributed by atoms with van der Waals surface area (Å²) in [5.74, 6) is 0. The fourth-order valence-electron chi connectivity index (χ4n) is 9.24. The Morgan fingerprint density at radius 1 is 0.298 bits per heavy atom. The van der Waals surface area contributed by atoms with Gasteiger partial charge in [0.1, 0.15) is 0 Å². The van der Waals surface area contributed by atoms with Crippen molar-refractivity contribution in [2.24, 2.45) is 0 Å². The highest BCUT2D eigenvalue weighted by atomic mass is 14.7. The van der Waals surface area contributed by atoms with Gasteiger partial charge in [-0.15, -0.1) is 0 Å². The SMILES string of the molecule is c1ccc(-c2cc(-c3ccc(-c4ccc5ccc(-c6ccc7c(c6)C(c6ccccc6)(c6ccccc6)c6ccccc6-7)cc5c4)cc3)c3ccccc3n2)cc1. The largest absolute Gasteiger partial charge is 0.248 e. The summed E-state index contributed by atoms with van der Waals surface area (Å²) >= 11 is 0. The van der Waals surface area contributed by atoms with Gasteiger partial charge in [0, 0.05) is 10.9 Å². The molecular formula is C56H37N. The molecular weight excluding hydrogens is 687 g/mol. The zero-order chi connectivity index (χ0) is 37.8. The molecule has 10 aromatic rings. The average molecular weight is 724 g/mol. The molecule has 0 amide bonds. The molecule has 0 N–H and O–H groups in total. The summed E-state index contributed by atoms with van der Waals surface area (Å²) in [5, 5.41) is 3.61. The molecule has 0 saturated carbocycles. The lowest BCUT2D eigenvalue weighted by Crippen LogP contribution is -2.28. The van der Waals surface area contributed by atoms with Crippen molar-refractivity contribution in [3.8, 4) is 55.8 Å². The molecule has 0 bridgehead atoms. The Kier molecular flexibility index (Phi) is 7.79. The van der Waals surface area contributed by atoms with Crippen LogP contribution in [0.2, 0.25) is 0 Å². The predicted molar refractivity (Wildman–Crippen MR) is 238 cm³/mol. The molecule has 0 aliphatic heterocycles. The maximum atomic E-state index is 5.02. The molecule has 1 heterocycles. The smallest absolute Gasteiger partial charge is 0.0715 e. The maximum Gasteiger partial charge on any atom is 0.0715 e. The summed E-state index contributed by atoms with van der Waals surface area (Å²) in [7, 11) is 0. The van der Waals surface area contributed by atoms with E-state index in [1.54, 1.807) is 0 Å². The third kappa shape index (κ3) is 5.43. The molecule has 0 atom stereocenters. The van der Waals surface area contributed by atoms with Crippen molar-refractivity contribution in [3.05, 3.63) is 247 Å². The number of hydrogen-bond acceptors (Lipinski definition) is 1. The Bertz CT molecular complexity index is 3050. The number of nitrogens with zero attached hydrogens (tertiary/aromatic N) is 1. The molecule has 0 saturated heterocycles. The Balaban J connectivity index is 0.988. The van der Waals surface area contributed by atoms with Crippen LogP contribution in [-0.4, -0.2) is 4.98 Å². The third-order valence-corrected chi connectivity index (χ3v) is 11.9. The first-order valence-corrected chi connectivity index (χ1v) is 19.7. The van der Waals surface area contributed by atoms with Gasteiger partial charge in [-0.3, -0.25) is 0 Å². The Labute approximate surface area is 333 Å². The molecule has 1 aliphatic carbocycles. The van der Waals surface area contributed by atoms with Gasteiger partial charge in [-0.05, 0) is 108 Å². The zero-order valence-electron chi connectivity index (χ0n) is 31.3. The van der Waals surface area contributed by atoms with Crippen LogP contribution in [0.15, 0.2) is 224 Å². The zero-order valence-corrected chi connectivity index (χ0v) is 31.3. The van der Waals surface area contributed by atoms with Gasteiger partial charge in [0.15, 0.2) is 0 Å². The molecule has 1 aromatic heterocycles. The number of fused-ring (bicyclic) bond motifs is 5. The Morgan fingerprint density at radius 3 is 1.54 bits per heavy atom. The molecule has 1 aliphatic rings. The highest BCUT2D eigenvalue weighted by Crippen LogP contribution is 2.56. The van der Waals surface area contributed by atoms with E-state index in [1.807, 2.05) is 6.07 Å². The van der Waals surface area contributed by atoms with Crippen molar-refractivity contribution < 1.29 is 0 Å². The highest BCUT2D eigenvalue weighted by Gasteiger charge is 2.46. The summed E-state index contributed by atoms with van der Waals surface area (Å²) in [6.45, 7) is 0. The number of aromatic nitrogens is 1. The second-order valence-corrected chi connectivity index (χ2v) is 15.1. The molecule has 0 fully saturated rings. The average Bonchev–Trinajstić information content (AvgIpc) is 3.59.